The summed E-state index contributed by atoms with van der Waals surface area (Å²) in [5, 5.41) is 13.1. The van der Waals surface area contributed by atoms with E-state index in [0.717, 1.165) is 10.6 Å². The van der Waals surface area contributed by atoms with Gasteiger partial charge in [0.25, 0.3) is 5.91 Å². The average molecular weight is 272 g/mol. The maximum absolute atomic E-state index is 12.0. The van der Waals surface area contributed by atoms with Gasteiger partial charge in [-0.25, -0.2) is 4.98 Å². The van der Waals surface area contributed by atoms with Gasteiger partial charge in [0.15, 0.2) is 0 Å². The Hall–Kier alpha value is -2.16. The third-order valence-corrected chi connectivity index (χ3v) is 3.13. The Morgan fingerprint density at radius 3 is 3.11 bits per heavy atom. The van der Waals surface area contributed by atoms with Crippen molar-refractivity contribution in [3.05, 3.63) is 45.8 Å². The summed E-state index contributed by atoms with van der Waals surface area (Å²) in [5.74, 6) is 5.62. The topological polar surface area (TPSA) is 62.2 Å². The van der Waals surface area contributed by atoms with E-state index in [9.17, 15) is 4.79 Å². The van der Waals surface area contributed by atoms with Gasteiger partial charge in [-0.2, -0.15) is 0 Å². The quantitative estimate of drug-likeness (QED) is 0.822. The summed E-state index contributed by atoms with van der Waals surface area (Å²) in [7, 11) is 0. The summed E-state index contributed by atoms with van der Waals surface area (Å²) in [4.78, 5) is 16.9. The number of hydrogen-bond donors (Lipinski definition) is 2. The lowest BCUT2D eigenvalue weighted by Gasteiger charge is -2.02. The third-order valence-electron chi connectivity index (χ3n) is 2.28. The molecule has 2 N–H and O–H groups in total. The number of aliphatic hydroxyl groups excluding tert-OH is 1. The Labute approximate surface area is 115 Å². The number of hydrogen-bond acceptors (Lipinski definition) is 4. The molecule has 96 valence electrons. The Balaban J connectivity index is 2.10. The van der Waals surface area contributed by atoms with Crippen LogP contribution in [0.5, 0.6) is 0 Å². The minimum absolute atomic E-state index is 0.188. The molecule has 0 saturated heterocycles. The lowest BCUT2D eigenvalue weighted by molar-refractivity contribution is 0.102. The first-order valence-electron chi connectivity index (χ1n) is 5.62. The van der Waals surface area contributed by atoms with Crippen molar-refractivity contribution in [2.45, 2.75) is 6.92 Å². The van der Waals surface area contributed by atoms with Crippen LogP contribution in [0.4, 0.5) is 5.82 Å². The van der Waals surface area contributed by atoms with Gasteiger partial charge < -0.3 is 10.4 Å². The highest BCUT2D eigenvalue weighted by molar-refractivity contribution is 7.10. The van der Waals surface area contributed by atoms with Crippen LogP contribution in [0.2, 0.25) is 0 Å². The fourth-order valence-corrected chi connectivity index (χ4v) is 2.20. The smallest absolute Gasteiger partial charge is 0.257 e. The van der Waals surface area contributed by atoms with E-state index < -0.39 is 0 Å². The second-order valence-corrected chi connectivity index (χ2v) is 4.69. The Kier molecular flexibility index (Phi) is 4.29. The standard InChI is InChI=1S/C14H12N2O2S/c1-10-4-2-6-13(15-10)16-14(18)11-8-12(19-9-11)5-3-7-17/h2,4,6,8-9,17H,7H2,1H3,(H,15,16,18). The van der Waals surface area contributed by atoms with Gasteiger partial charge in [-0.1, -0.05) is 17.9 Å². The number of amides is 1. The van der Waals surface area contributed by atoms with Crippen LogP contribution in [-0.4, -0.2) is 22.6 Å². The first kappa shape index (κ1) is 13.3. The Morgan fingerprint density at radius 2 is 2.37 bits per heavy atom. The van der Waals surface area contributed by atoms with Gasteiger partial charge in [0, 0.05) is 11.1 Å². The molecule has 2 rings (SSSR count). The molecule has 0 spiro atoms. The highest BCUT2D eigenvalue weighted by atomic mass is 32.1. The van der Waals surface area contributed by atoms with Crippen LogP contribution in [0.1, 0.15) is 20.9 Å². The highest BCUT2D eigenvalue weighted by Gasteiger charge is 2.08. The minimum Gasteiger partial charge on any atom is -0.384 e. The molecule has 0 aliphatic carbocycles. The molecule has 0 aliphatic rings. The van der Waals surface area contributed by atoms with Gasteiger partial charge in [-0.15, -0.1) is 11.3 Å². The first-order valence-corrected chi connectivity index (χ1v) is 6.50. The van der Waals surface area contributed by atoms with Gasteiger partial charge >= 0.3 is 0 Å². The van der Waals surface area contributed by atoms with Crippen molar-refractivity contribution in [1.29, 1.82) is 0 Å². The van der Waals surface area contributed by atoms with Crippen LogP contribution in [0, 0.1) is 18.8 Å². The zero-order valence-corrected chi connectivity index (χ0v) is 11.1. The van der Waals surface area contributed by atoms with Crippen molar-refractivity contribution in [2.24, 2.45) is 0 Å². The molecule has 2 aromatic rings. The molecule has 1 amide bonds. The van der Waals surface area contributed by atoms with Crippen molar-refractivity contribution in [1.82, 2.24) is 4.98 Å². The number of carbonyl (C=O) groups is 1. The van der Waals surface area contributed by atoms with Crippen LogP contribution >= 0.6 is 11.3 Å². The molecule has 0 fully saturated rings. The first-order chi connectivity index (χ1) is 9.19. The summed E-state index contributed by atoms with van der Waals surface area (Å²) in [6.07, 6.45) is 0. The van der Waals surface area contributed by atoms with E-state index in [1.807, 2.05) is 19.1 Å². The number of thiophene rings is 1. The fraction of sp³-hybridized carbons (Fsp3) is 0.143. The molecular weight excluding hydrogens is 260 g/mol. The Bertz CT molecular complexity index is 653. The fourth-order valence-electron chi connectivity index (χ4n) is 1.45. The van der Waals surface area contributed by atoms with Crippen LogP contribution in [0.3, 0.4) is 0 Å². The number of carbonyl (C=O) groups excluding carboxylic acids is 1. The van der Waals surface area contributed by atoms with E-state index in [1.165, 1.54) is 11.3 Å². The Morgan fingerprint density at radius 1 is 1.53 bits per heavy atom. The van der Waals surface area contributed by atoms with Crippen molar-refractivity contribution in [3.8, 4) is 11.8 Å². The molecule has 19 heavy (non-hydrogen) atoms. The van der Waals surface area contributed by atoms with Crippen LogP contribution < -0.4 is 5.32 Å². The maximum Gasteiger partial charge on any atom is 0.257 e. The number of anilines is 1. The van der Waals surface area contributed by atoms with E-state index in [4.69, 9.17) is 5.11 Å². The van der Waals surface area contributed by atoms with E-state index in [0.29, 0.717) is 11.4 Å². The van der Waals surface area contributed by atoms with E-state index in [1.54, 1.807) is 17.5 Å². The van der Waals surface area contributed by atoms with Crippen molar-refractivity contribution < 1.29 is 9.90 Å². The number of nitrogens with zero attached hydrogens (tertiary/aromatic N) is 1. The molecule has 0 bridgehead atoms. The van der Waals surface area contributed by atoms with Gasteiger partial charge in [0.2, 0.25) is 0 Å². The minimum atomic E-state index is -0.216. The zero-order valence-electron chi connectivity index (χ0n) is 10.3. The lowest BCUT2D eigenvalue weighted by atomic mass is 10.3. The van der Waals surface area contributed by atoms with E-state index in [2.05, 4.69) is 22.1 Å². The predicted molar refractivity (Wildman–Crippen MR) is 75.2 cm³/mol. The van der Waals surface area contributed by atoms with Gasteiger partial charge in [-0.3, -0.25) is 4.79 Å². The molecule has 0 aromatic carbocycles. The van der Waals surface area contributed by atoms with E-state index >= 15 is 0 Å². The molecule has 2 heterocycles. The van der Waals surface area contributed by atoms with Gasteiger partial charge in [0.1, 0.15) is 12.4 Å². The monoisotopic (exact) mass is 272 g/mol. The molecule has 0 atom stereocenters. The molecule has 2 aromatic heterocycles. The van der Waals surface area contributed by atoms with Crippen LogP contribution in [0.15, 0.2) is 29.6 Å². The summed E-state index contributed by atoms with van der Waals surface area (Å²) in [5.41, 5.74) is 1.38. The van der Waals surface area contributed by atoms with Crippen molar-refractivity contribution in [2.75, 3.05) is 11.9 Å². The van der Waals surface area contributed by atoms with Gasteiger partial charge in [-0.05, 0) is 25.1 Å². The number of pyridine rings is 1. The maximum atomic E-state index is 12.0. The van der Waals surface area contributed by atoms with Crippen molar-refractivity contribution >= 4 is 23.1 Å². The average Bonchev–Trinajstić information content (AvgIpc) is 2.85. The molecule has 0 aliphatic heterocycles. The normalized spacial score (nSPS) is 9.58. The number of aromatic nitrogens is 1. The van der Waals surface area contributed by atoms with E-state index in [-0.39, 0.29) is 12.5 Å². The second kappa shape index (κ2) is 6.14. The summed E-state index contributed by atoms with van der Waals surface area (Å²) in [6, 6.07) is 7.13. The van der Waals surface area contributed by atoms with Crippen molar-refractivity contribution in [3.63, 3.8) is 0 Å². The summed E-state index contributed by atoms with van der Waals surface area (Å²) < 4.78 is 0. The second-order valence-electron chi connectivity index (χ2n) is 3.78. The van der Waals surface area contributed by atoms with Crippen LogP contribution in [-0.2, 0) is 0 Å². The molecular formula is C14H12N2O2S. The third kappa shape index (κ3) is 3.65. The molecule has 0 unspecified atom stereocenters. The van der Waals surface area contributed by atoms with Crippen LogP contribution in [0.25, 0.3) is 0 Å². The largest absolute Gasteiger partial charge is 0.384 e. The molecule has 4 nitrogen and oxygen atoms in total. The number of nitrogens with one attached hydrogen (secondary N) is 1. The lowest BCUT2D eigenvalue weighted by Crippen LogP contribution is -2.12. The predicted octanol–water partition coefficient (Wildman–Crippen LogP) is 2.05. The number of aliphatic hydroxyl groups is 1. The summed E-state index contributed by atoms with van der Waals surface area (Å²) >= 11 is 1.37. The number of aryl methyl sites for hydroxylation is 1. The highest BCUT2D eigenvalue weighted by Crippen LogP contribution is 2.15. The van der Waals surface area contributed by atoms with Gasteiger partial charge in [0.05, 0.1) is 10.4 Å². The molecule has 0 saturated carbocycles. The number of rotatable bonds is 2. The molecule has 5 heteroatoms. The molecule has 0 radical (unpaired) electrons. The SMILES string of the molecule is Cc1cccc(NC(=O)c2csc(C#CCO)c2)n1. The summed E-state index contributed by atoms with van der Waals surface area (Å²) in [6.45, 7) is 1.68. The zero-order chi connectivity index (χ0) is 13.7.